The average molecular weight is 496 g/mol. The van der Waals surface area contributed by atoms with Gasteiger partial charge in [-0.15, -0.1) is 0 Å². The van der Waals surface area contributed by atoms with Gasteiger partial charge >= 0.3 is 0 Å². The Balaban J connectivity index is 1.85. The Kier molecular flexibility index (Phi) is 6.86. The second-order valence-electron chi connectivity index (χ2n) is 6.06. The molecule has 3 rings (SSSR count). The van der Waals surface area contributed by atoms with Gasteiger partial charge in [0.15, 0.2) is 5.16 Å². The van der Waals surface area contributed by atoms with Gasteiger partial charge in [0, 0.05) is 17.7 Å². The van der Waals surface area contributed by atoms with Crippen molar-refractivity contribution in [1.29, 1.82) is 0 Å². The van der Waals surface area contributed by atoms with Crippen LogP contribution in [-0.2, 0) is 11.4 Å². The van der Waals surface area contributed by atoms with E-state index < -0.39 is 0 Å². The molecule has 0 aliphatic carbocycles. The van der Waals surface area contributed by atoms with Crippen LogP contribution in [0, 0.1) is 6.92 Å². The summed E-state index contributed by atoms with van der Waals surface area (Å²) in [7, 11) is 3.02. The molecule has 29 heavy (non-hydrogen) atoms. The van der Waals surface area contributed by atoms with Crippen LogP contribution in [0.5, 0.6) is 11.6 Å². The van der Waals surface area contributed by atoms with E-state index >= 15 is 0 Å². The number of hydrogen-bond donors (Lipinski definition) is 0. The van der Waals surface area contributed by atoms with Crippen molar-refractivity contribution in [3.05, 3.63) is 44.4 Å². The molecule has 0 bridgehead atoms. The van der Waals surface area contributed by atoms with Gasteiger partial charge in [-0.25, -0.2) is 4.98 Å². The van der Waals surface area contributed by atoms with E-state index in [1.165, 1.54) is 18.8 Å². The molecule has 2 aromatic rings. The molecule has 1 saturated heterocycles. The Hall–Kier alpha value is -2.04. The number of aryl methyl sites for hydroxylation is 1. The first-order valence-corrected chi connectivity index (χ1v) is 11.3. The molecular formula is C19H18BrN3O4S2. The van der Waals surface area contributed by atoms with Crippen LogP contribution in [-0.4, -0.2) is 46.4 Å². The third-order valence-corrected chi connectivity index (χ3v) is 6.34. The fourth-order valence-corrected chi connectivity index (χ4v) is 4.25. The Morgan fingerprint density at radius 3 is 2.72 bits per heavy atom. The number of benzene rings is 1. The molecule has 10 heteroatoms. The second-order valence-corrected chi connectivity index (χ2v) is 8.68. The quantitative estimate of drug-likeness (QED) is 0.328. The van der Waals surface area contributed by atoms with Crippen LogP contribution in [0.15, 0.2) is 32.9 Å². The summed E-state index contributed by atoms with van der Waals surface area (Å²) in [6, 6.07) is 3.73. The predicted molar refractivity (Wildman–Crippen MR) is 117 cm³/mol. The van der Waals surface area contributed by atoms with E-state index in [0.29, 0.717) is 21.7 Å². The van der Waals surface area contributed by atoms with E-state index in [-0.39, 0.29) is 17.8 Å². The summed E-state index contributed by atoms with van der Waals surface area (Å²) in [6.45, 7) is 2.15. The minimum atomic E-state index is -0.314. The molecule has 0 saturated carbocycles. The predicted octanol–water partition coefficient (Wildman–Crippen LogP) is 4.52. The highest BCUT2D eigenvalue weighted by Gasteiger charge is 2.32. The number of carbonyl (C=O) groups excluding carboxylic acids is 2. The van der Waals surface area contributed by atoms with Crippen LogP contribution in [0.3, 0.4) is 0 Å². The number of likely N-dealkylation sites (N-methyl/N-ethyl adjacent to an activating group) is 1. The number of rotatable bonds is 6. The van der Waals surface area contributed by atoms with E-state index in [1.54, 1.807) is 19.4 Å². The fraction of sp³-hybridized carbons (Fsp3) is 0.263. The molecule has 1 fully saturated rings. The van der Waals surface area contributed by atoms with E-state index in [2.05, 4.69) is 25.9 Å². The lowest BCUT2D eigenvalue weighted by molar-refractivity contribution is -0.121. The van der Waals surface area contributed by atoms with Crippen LogP contribution in [0.25, 0.3) is 6.08 Å². The van der Waals surface area contributed by atoms with Gasteiger partial charge in [-0.05, 0) is 54.3 Å². The number of ether oxygens (including phenoxy) is 2. The second kappa shape index (κ2) is 9.19. The first-order chi connectivity index (χ1) is 13.8. The van der Waals surface area contributed by atoms with Crippen molar-refractivity contribution in [3.63, 3.8) is 0 Å². The lowest BCUT2D eigenvalue weighted by Crippen LogP contribution is -2.22. The van der Waals surface area contributed by atoms with E-state index in [0.717, 1.165) is 37.8 Å². The number of methoxy groups -OCH3 is 1. The number of nitrogens with zero attached hydrogens (tertiary/aromatic N) is 3. The Labute approximate surface area is 185 Å². The van der Waals surface area contributed by atoms with E-state index in [1.807, 2.05) is 25.3 Å². The number of aromatic nitrogens is 2. The first-order valence-electron chi connectivity index (χ1n) is 8.42. The summed E-state index contributed by atoms with van der Waals surface area (Å²) in [6.07, 6.45) is 5.26. The van der Waals surface area contributed by atoms with Crippen LogP contribution in [0.4, 0.5) is 4.79 Å². The maximum absolute atomic E-state index is 12.2. The maximum Gasteiger partial charge on any atom is 0.293 e. The summed E-state index contributed by atoms with van der Waals surface area (Å²) >= 11 is 5.86. The minimum absolute atomic E-state index is 0.227. The monoisotopic (exact) mass is 495 g/mol. The molecule has 2 heterocycles. The molecule has 0 radical (unpaired) electrons. The molecule has 2 amide bonds. The van der Waals surface area contributed by atoms with Crippen LogP contribution in [0.1, 0.15) is 16.7 Å². The molecule has 7 nitrogen and oxygen atoms in total. The van der Waals surface area contributed by atoms with Crippen LogP contribution >= 0.6 is 39.5 Å². The summed E-state index contributed by atoms with van der Waals surface area (Å²) in [5.74, 6) is 0.799. The van der Waals surface area contributed by atoms with Crippen molar-refractivity contribution in [2.45, 2.75) is 18.7 Å². The molecule has 0 N–H and O–H groups in total. The topological polar surface area (TPSA) is 81.6 Å². The van der Waals surface area contributed by atoms with Gasteiger partial charge in [-0.2, -0.15) is 4.98 Å². The highest BCUT2D eigenvalue weighted by molar-refractivity contribution is 9.10. The smallest absolute Gasteiger partial charge is 0.293 e. The number of carbonyl (C=O) groups is 2. The molecule has 1 aliphatic heterocycles. The van der Waals surface area contributed by atoms with Crippen molar-refractivity contribution in [1.82, 2.24) is 14.9 Å². The SMILES string of the molecule is COc1nc(SC)ncc1COc1cc(/C=C2\SC(=O)N(C)C2=O)c(Br)cc1C. The average Bonchev–Trinajstić information content (AvgIpc) is 2.95. The summed E-state index contributed by atoms with van der Waals surface area (Å²) in [5.41, 5.74) is 2.38. The molecule has 0 unspecified atom stereocenters. The fourth-order valence-electron chi connectivity index (χ4n) is 2.53. The van der Waals surface area contributed by atoms with Gasteiger partial charge in [-0.1, -0.05) is 27.7 Å². The highest BCUT2D eigenvalue weighted by atomic mass is 79.9. The number of halogens is 1. The third kappa shape index (κ3) is 4.76. The molecule has 0 atom stereocenters. The van der Waals surface area contributed by atoms with Gasteiger partial charge in [-0.3, -0.25) is 14.5 Å². The van der Waals surface area contributed by atoms with Gasteiger partial charge in [0.1, 0.15) is 12.4 Å². The van der Waals surface area contributed by atoms with Crippen LogP contribution in [0.2, 0.25) is 0 Å². The zero-order chi connectivity index (χ0) is 21.1. The zero-order valence-electron chi connectivity index (χ0n) is 16.2. The van der Waals surface area contributed by atoms with Gasteiger partial charge in [0.2, 0.25) is 5.88 Å². The molecule has 1 aromatic carbocycles. The Bertz CT molecular complexity index is 1010. The van der Waals surface area contributed by atoms with Gasteiger partial charge < -0.3 is 9.47 Å². The van der Waals surface area contributed by atoms with Crippen LogP contribution < -0.4 is 9.47 Å². The maximum atomic E-state index is 12.2. The van der Waals surface area contributed by atoms with E-state index in [4.69, 9.17) is 9.47 Å². The van der Waals surface area contributed by atoms with Gasteiger partial charge in [0.05, 0.1) is 17.6 Å². The van der Waals surface area contributed by atoms with Gasteiger partial charge in [0.25, 0.3) is 11.1 Å². The number of amides is 2. The lowest BCUT2D eigenvalue weighted by atomic mass is 10.1. The molecule has 152 valence electrons. The summed E-state index contributed by atoms with van der Waals surface area (Å²) in [4.78, 5) is 33.9. The summed E-state index contributed by atoms with van der Waals surface area (Å²) in [5, 5.41) is 0.333. The summed E-state index contributed by atoms with van der Waals surface area (Å²) < 4.78 is 12.1. The number of imide groups is 1. The largest absolute Gasteiger partial charge is 0.488 e. The highest BCUT2D eigenvalue weighted by Crippen LogP contribution is 2.35. The molecule has 0 spiro atoms. The van der Waals surface area contributed by atoms with E-state index in [9.17, 15) is 9.59 Å². The minimum Gasteiger partial charge on any atom is -0.488 e. The molecular weight excluding hydrogens is 478 g/mol. The molecule has 1 aromatic heterocycles. The van der Waals surface area contributed by atoms with Crippen molar-refractivity contribution in [2.75, 3.05) is 20.4 Å². The third-order valence-electron chi connectivity index (χ3n) is 4.13. The lowest BCUT2D eigenvalue weighted by Gasteiger charge is -2.13. The molecule has 1 aliphatic rings. The first kappa shape index (κ1) is 21.7. The van der Waals surface area contributed by atoms with Crippen molar-refractivity contribution in [3.8, 4) is 11.6 Å². The normalized spacial score (nSPS) is 15.3. The Morgan fingerprint density at radius 1 is 1.34 bits per heavy atom. The zero-order valence-corrected chi connectivity index (χ0v) is 19.4. The van der Waals surface area contributed by atoms with Crippen molar-refractivity contribution in [2.24, 2.45) is 0 Å². The van der Waals surface area contributed by atoms with Crippen molar-refractivity contribution < 1.29 is 19.1 Å². The van der Waals surface area contributed by atoms with Crippen molar-refractivity contribution >= 4 is 56.7 Å². The number of thioether (sulfide) groups is 2. The Morgan fingerprint density at radius 2 is 2.10 bits per heavy atom. The standard InChI is InChI=1S/C19H18BrN3O4S2/c1-10-5-13(20)11(7-15-17(24)23(2)19(25)29-15)6-14(10)27-9-12-8-21-18(28-4)22-16(12)26-3/h5-8H,9H2,1-4H3/b15-7-. The number of hydrogen-bond acceptors (Lipinski definition) is 8.